The first-order valence-electron chi connectivity index (χ1n) is 11.1. The van der Waals surface area contributed by atoms with E-state index in [4.69, 9.17) is 18.8 Å². The van der Waals surface area contributed by atoms with Gasteiger partial charge in [-0.1, -0.05) is 12.1 Å². The Morgan fingerprint density at radius 1 is 0.938 bits per heavy atom. The van der Waals surface area contributed by atoms with E-state index in [9.17, 15) is 9.59 Å². The zero-order valence-electron chi connectivity index (χ0n) is 20.3. The fourth-order valence-electron chi connectivity index (χ4n) is 3.40. The fourth-order valence-corrected chi connectivity index (χ4v) is 3.40. The van der Waals surface area contributed by atoms with Crippen LogP contribution in [-0.4, -0.2) is 78.5 Å². The van der Waals surface area contributed by atoms with E-state index in [1.54, 1.807) is 9.80 Å². The quantitative estimate of drug-likeness (QED) is 0.662. The van der Waals surface area contributed by atoms with E-state index in [0.29, 0.717) is 31.9 Å². The lowest BCUT2D eigenvalue weighted by Crippen LogP contribution is -2.52. The van der Waals surface area contributed by atoms with Crippen LogP contribution in [0.1, 0.15) is 48.5 Å². The maximum absolute atomic E-state index is 12.5. The molecule has 1 aromatic carbocycles. The van der Waals surface area contributed by atoms with Crippen LogP contribution < -0.4 is 10.2 Å². The summed E-state index contributed by atoms with van der Waals surface area (Å²) in [7, 11) is -0.433. The van der Waals surface area contributed by atoms with Gasteiger partial charge in [0.15, 0.2) is 6.61 Å². The first-order chi connectivity index (χ1) is 14.8. The van der Waals surface area contributed by atoms with Gasteiger partial charge in [0, 0.05) is 26.2 Å². The summed E-state index contributed by atoms with van der Waals surface area (Å²) in [6.07, 6.45) is -0.345. The predicted molar refractivity (Wildman–Crippen MR) is 122 cm³/mol. The van der Waals surface area contributed by atoms with E-state index >= 15 is 0 Å². The molecular formula is C23H35BN2O6. The van der Waals surface area contributed by atoms with Gasteiger partial charge in [-0.25, -0.2) is 4.79 Å². The Morgan fingerprint density at radius 3 is 1.94 bits per heavy atom. The second-order valence-electron chi connectivity index (χ2n) is 10.3. The SMILES string of the molecule is CC(C)(C)OC(=O)N1CCN(C(=O)COc2ccc(B3OC(C)(C)C(C)(C)O3)cc2)CC1. The Hall–Kier alpha value is -2.26. The van der Waals surface area contributed by atoms with Gasteiger partial charge in [0.05, 0.1) is 11.2 Å². The van der Waals surface area contributed by atoms with Crippen LogP contribution in [0.2, 0.25) is 0 Å². The van der Waals surface area contributed by atoms with Gasteiger partial charge in [-0.2, -0.15) is 0 Å². The molecule has 2 heterocycles. The van der Waals surface area contributed by atoms with Crippen LogP contribution in [0.4, 0.5) is 4.79 Å². The first-order valence-corrected chi connectivity index (χ1v) is 11.1. The van der Waals surface area contributed by atoms with E-state index in [1.807, 2.05) is 72.7 Å². The second-order valence-corrected chi connectivity index (χ2v) is 10.3. The summed E-state index contributed by atoms with van der Waals surface area (Å²) in [5.41, 5.74) is -0.421. The van der Waals surface area contributed by atoms with Crippen LogP contribution in [-0.2, 0) is 18.8 Å². The molecule has 0 unspecified atom stereocenters. The van der Waals surface area contributed by atoms with E-state index in [1.165, 1.54) is 0 Å². The summed E-state index contributed by atoms with van der Waals surface area (Å²) < 4.78 is 23.2. The number of benzene rings is 1. The van der Waals surface area contributed by atoms with Crippen molar-refractivity contribution in [3.05, 3.63) is 24.3 Å². The lowest BCUT2D eigenvalue weighted by atomic mass is 9.79. The molecule has 2 amide bonds. The third-order valence-corrected chi connectivity index (χ3v) is 6.05. The summed E-state index contributed by atoms with van der Waals surface area (Å²) in [4.78, 5) is 28.0. The summed E-state index contributed by atoms with van der Waals surface area (Å²) in [5, 5.41) is 0. The van der Waals surface area contributed by atoms with Crippen LogP contribution in [0.3, 0.4) is 0 Å². The lowest BCUT2D eigenvalue weighted by molar-refractivity contribution is -0.135. The van der Waals surface area contributed by atoms with E-state index in [0.717, 1.165) is 5.46 Å². The minimum Gasteiger partial charge on any atom is -0.484 e. The van der Waals surface area contributed by atoms with Crippen molar-refractivity contribution in [3.63, 3.8) is 0 Å². The third-order valence-electron chi connectivity index (χ3n) is 6.05. The van der Waals surface area contributed by atoms with Gasteiger partial charge < -0.3 is 28.6 Å². The van der Waals surface area contributed by atoms with Crippen LogP contribution in [0.25, 0.3) is 0 Å². The molecule has 2 aliphatic rings. The molecule has 32 heavy (non-hydrogen) atoms. The first kappa shape index (κ1) is 24.4. The van der Waals surface area contributed by atoms with Gasteiger partial charge in [0.25, 0.3) is 5.91 Å². The highest BCUT2D eigenvalue weighted by atomic mass is 16.7. The molecule has 0 atom stereocenters. The molecule has 0 spiro atoms. The van der Waals surface area contributed by atoms with Gasteiger partial charge >= 0.3 is 13.2 Å². The molecule has 2 saturated heterocycles. The fraction of sp³-hybridized carbons (Fsp3) is 0.652. The smallest absolute Gasteiger partial charge is 0.484 e. The minimum absolute atomic E-state index is 0.0533. The van der Waals surface area contributed by atoms with Gasteiger partial charge in [0.2, 0.25) is 0 Å². The minimum atomic E-state index is -0.532. The summed E-state index contributed by atoms with van der Waals surface area (Å²) in [6, 6.07) is 7.41. The monoisotopic (exact) mass is 446 g/mol. The van der Waals surface area contributed by atoms with E-state index < -0.39 is 23.9 Å². The molecule has 2 fully saturated rings. The summed E-state index contributed by atoms with van der Waals surface area (Å²) in [5.74, 6) is 0.495. The molecule has 0 N–H and O–H groups in total. The molecule has 0 bridgehead atoms. The highest BCUT2D eigenvalue weighted by molar-refractivity contribution is 6.62. The number of rotatable bonds is 4. The van der Waals surface area contributed by atoms with Crippen molar-refractivity contribution in [1.82, 2.24) is 9.80 Å². The van der Waals surface area contributed by atoms with Gasteiger partial charge in [0.1, 0.15) is 11.4 Å². The average molecular weight is 446 g/mol. The molecule has 3 rings (SSSR count). The number of carbonyl (C=O) groups excluding carboxylic acids is 2. The third kappa shape index (κ3) is 5.75. The standard InChI is InChI=1S/C23H35BN2O6/c1-21(2,3)30-20(28)26-14-12-25(13-15-26)19(27)16-29-18-10-8-17(9-11-18)24-31-22(4,5)23(6,7)32-24/h8-11H,12-16H2,1-7H3. The van der Waals surface area contributed by atoms with E-state index in [2.05, 4.69) is 0 Å². The van der Waals surface area contributed by atoms with Crippen molar-refractivity contribution in [2.24, 2.45) is 0 Å². The maximum Gasteiger partial charge on any atom is 0.494 e. The van der Waals surface area contributed by atoms with Crippen molar-refractivity contribution in [2.75, 3.05) is 32.8 Å². The van der Waals surface area contributed by atoms with Crippen LogP contribution in [0, 0.1) is 0 Å². The number of ether oxygens (including phenoxy) is 2. The number of hydrogen-bond acceptors (Lipinski definition) is 6. The molecule has 9 heteroatoms. The normalized spacial score (nSPS) is 20.3. The number of nitrogens with zero attached hydrogens (tertiary/aromatic N) is 2. The maximum atomic E-state index is 12.5. The molecule has 0 saturated carbocycles. The van der Waals surface area contributed by atoms with Gasteiger partial charge in [-0.3, -0.25) is 4.79 Å². The molecule has 0 aromatic heterocycles. The molecule has 8 nitrogen and oxygen atoms in total. The Bertz CT molecular complexity index is 810. The molecule has 0 radical (unpaired) electrons. The summed E-state index contributed by atoms with van der Waals surface area (Å²) >= 11 is 0. The number of carbonyl (C=O) groups is 2. The van der Waals surface area contributed by atoms with Crippen LogP contribution in [0.15, 0.2) is 24.3 Å². The van der Waals surface area contributed by atoms with Crippen molar-refractivity contribution >= 4 is 24.6 Å². The largest absolute Gasteiger partial charge is 0.494 e. The molecule has 0 aliphatic carbocycles. The van der Waals surface area contributed by atoms with Gasteiger partial charge in [-0.15, -0.1) is 0 Å². The second kappa shape index (κ2) is 8.94. The molecular weight excluding hydrogens is 411 g/mol. The number of hydrogen-bond donors (Lipinski definition) is 0. The van der Waals surface area contributed by atoms with Crippen molar-refractivity contribution < 1.29 is 28.4 Å². The summed E-state index contributed by atoms with van der Waals surface area (Å²) in [6.45, 7) is 15.3. The zero-order valence-corrected chi connectivity index (χ0v) is 20.3. The number of piperazine rings is 1. The van der Waals surface area contributed by atoms with E-state index in [-0.39, 0.29) is 18.6 Å². The lowest BCUT2D eigenvalue weighted by Gasteiger charge is -2.35. The van der Waals surface area contributed by atoms with Crippen LogP contribution in [0.5, 0.6) is 5.75 Å². The van der Waals surface area contributed by atoms with Gasteiger partial charge in [-0.05, 0) is 66.1 Å². The molecule has 2 aliphatic heterocycles. The Kier molecular flexibility index (Phi) is 6.82. The topological polar surface area (TPSA) is 77.5 Å². The van der Waals surface area contributed by atoms with Crippen LogP contribution >= 0.6 is 0 Å². The van der Waals surface area contributed by atoms with Crippen molar-refractivity contribution in [1.29, 1.82) is 0 Å². The molecule has 176 valence electrons. The average Bonchev–Trinajstić information content (AvgIpc) is 2.92. The Morgan fingerprint density at radius 2 is 1.44 bits per heavy atom. The highest BCUT2D eigenvalue weighted by Crippen LogP contribution is 2.36. The van der Waals surface area contributed by atoms with Crippen molar-refractivity contribution in [3.8, 4) is 5.75 Å². The Labute approximate surface area is 191 Å². The number of amides is 2. The Balaban J connectivity index is 1.45. The predicted octanol–water partition coefficient (Wildman–Crippen LogP) is 2.44. The zero-order chi connectivity index (χ0) is 23.7. The van der Waals surface area contributed by atoms with Crippen molar-refractivity contribution in [2.45, 2.75) is 65.3 Å². The highest BCUT2D eigenvalue weighted by Gasteiger charge is 2.51. The molecule has 1 aromatic rings.